The number of nitrogen functional groups attached to an aromatic ring is 1. The number of hydrogen-bond donors (Lipinski definition) is 2. The SMILES string of the molecule is CN(CC1(C)CCS(=O)(=O)CC1)c1cc(Oc2ncc(F)cc2OCC(F)(F)F)ccc1N.NC=O. The summed E-state index contributed by atoms with van der Waals surface area (Å²) in [6.45, 7) is 0.921. The molecule has 2 aromatic rings. The van der Waals surface area contributed by atoms with E-state index in [1.54, 1.807) is 19.2 Å². The van der Waals surface area contributed by atoms with Gasteiger partial charge in [-0.3, -0.25) is 4.79 Å². The molecular formula is C22H28F4N4O5S. The largest absolute Gasteiger partial charge is 0.478 e. The van der Waals surface area contributed by atoms with E-state index in [1.807, 2.05) is 11.8 Å². The van der Waals surface area contributed by atoms with Gasteiger partial charge in [0.05, 0.1) is 29.1 Å². The molecule has 1 aliphatic heterocycles. The first-order valence-corrected chi connectivity index (χ1v) is 12.5. The molecule has 14 heteroatoms. The first-order valence-electron chi connectivity index (χ1n) is 10.7. The fourth-order valence-electron chi connectivity index (χ4n) is 3.62. The lowest BCUT2D eigenvalue weighted by Crippen LogP contribution is -2.40. The van der Waals surface area contributed by atoms with Crippen LogP contribution in [-0.2, 0) is 14.6 Å². The van der Waals surface area contributed by atoms with Gasteiger partial charge in [-0.25, -0.2) is 17.8 Å². The molecule has 0 bridgehead atoms. The molecule has 4 N–H and O–H groups in total. The van der Waals surface area contributed by atoms with Crippen molar-refractivity contribution in [3.05, 3.63) is 36.3 Å². The number of carbonyl (C=O) groups is 1. The van der Waals surface area contributed by atoms with Crippen LogP contribution in [0.25, 0.3) is 0 Å². The lowest BCUT2D eigenvalue weighted by molar-refractivity contribution is -0.153. The number of anilines is 2. The average Bonchev–Trinajstić information content (AvgIpc) is 2.77. The van der Waals surface area contributed by atoms with Crippen LogP contribution >= 0.6 is 0 Å². The molecule has 1 aliphatic rings. The minimum atomic E-state index is -4.62. The number of carbonyl (C=O) groups excluding carboxylic acids is 1. The fourth-order valence-corrected chi connectivity index (χ4v) is 5.44. The van der Waals surface area contributed by atoms with Crippen LogP contribution in [0.1, 0.15) is 19.8 Å². The standard InChI is InChI=1S/C21H25F4N3O4S.CH3NO/c1-20(5-7-33(29,30)8-6-20)12-28(2)17-10-15(3-4-16(17)26)32-19-18(9-14(22)11-27-19)31-13-21(23,24)25;2-1-3/h3-4,9-11H,5-8,12-13,26H2,1-2H3;1H,(H2,2,3). The number of aromatic nitrogens is 1. The Hall–Kier alpha value is -3.29. The molecule has 9 nitrogen and oxygen atoms in total. The molecule has 36 heavy (non-hydrogen) atoms. The Labute approximate surface area is 206 Å². The molecule has 0 spiro atoms. The third kappa shape index (κ3) is 8.73. The van der Waals surface area contributed by atoms with E-state index in [4.69, 9.17) is 15.3 Å². The van der Waals surface area contributed by atoms with E-state index < -0.39 is 34.2 Å². The zero-order valence-electron chi connectivity index (χ0n) is 19.7. The van der Waals surface area contributed by atoms with Crippen molar-refractivity contribution in [3.8, 4) is 17.4 Å². The van der Waals surface area contributed by atoms with Gasteiger partial charge in [-0.05, 0) is 30.4 Å². The molecule has 0 saturated carbocycles. The maximum Gasteiger partial charge on any atom is 0.422 e. The number of nitrogens with zero attached hydrogens (tertiary/aromatic N) is 2. The normalized spacial score (nSPS) is 16.3. The van der Waals surface area contributed by atoms with E-state index in [-0.39, 0.29) is 35.0 Å². The van der Waals surface area contributed by atoms with Crippen molar-refractivity contribution < 1.29 is 40.2 Å². The number of rotatable bonds is 7. The summed E-state index contributed by atoms with van der Waals surface area (Å²) in [7, 11) is -1.20. The van der Waals surface area contributed by atoms with Gasteiger partial charge in [-0.2, -0.15) is 13.2 Å². The van der Waals surface area contributed by atoms with Gasteiger partial charge < -0.3 is 25.8 Å². The second-order valence-corrected chi connectivity index (χ2v) is 10.9. The predicted octanol–water partition coefficient (Wildman–Crippen LogP) is 3.29. The number of nitrogens with two attached hydrogens (primary N) is 2. The molecule has 0 radical (unpaired) electrons. The molecule has 1 aromatic heterocycles. The molecule has 1 aromatic carbocycles. The Morgan fingerprint density at radius 2 is 1.83 bits per heavy atom. The molecular weight excluding hydrogens is 508 g/mol. The predicted molar refractivity (Wildman–Crippen MR) is 126 cm³/mol. The molecule has 1 fully saturated rings. The first-order chi connectivity index (χ1) is 16.7. The first kappa shape index (κ1) is 28.9. The minimum Gasteiger partial charge on any atom is -0.478 e. The van der Waals surface area contributed by atoms with E-state index in [0.717, 1.165) is 12.3 Å². The molecule has 1 saturated heterocycles. The monoisotopic (exact) mass is 536 g/mol. The molecule has 2 heterocycles. The summed E-state index contributed by atoms with van der Waals surface area (Å²) in [5.41, 5.74) is 11.1. The smallest absolute Gasteiger partial charge is 0.422 e. The van der Waals surface area contributed by atoms with Crippen LogP contribution in [0.2, 0.25) is 0 Å². The molecule has 1 amide bonds. The summed E-state index contributed by atoms with van der Waals surface area (Å²) < 4.78 is 84.8. The van der Waals surface area contributed by atoms with Crippen LogP contribution in [0.4, 0.5) is 28.9 Å². The fraction of sp³-hybridized carbons (Fsp3) is 0.455. The van der Waals surface area contributed by atoms with Crippen molar-refractivity contribution in [2.45, 2.75) is 25.9 Å². The quantitative estimate of drug-likeness (QED) is 0.312. The summed E-state index contributed by atoms with van der Waals surface area (Å²) >= 11 is 0. The van der Waals surface area contributed by atoms with Gasteiger partial charge in [0, 0.05) is 25.7 Å². The highest BCUT2D eigenvalue weighted by Crippen LogP contribution is 2.38. The van der Waals surface area contributed by atoms with E-state index in [9.17, 15) is 26.0 Å². The zero-order valence-corrected chi connectivity index (χ0v) is 20.5. The van der Waals surface area contributed by atoms with Gasteiger partial charge in [0.1, 0.15) is 21.4 Å². The van der Waals surface area contributed by atoms with Gasteiger partial charge in [-0.15, -0.1) is 0 Å². The van der Waals surface area contributed by atoms with Crippen LogP contribution in [0.5, 0.6) is 17.4 Å². The van der Waals surface area contributed by atoms with Gasteiger partial charge in [0.15, 0.2) is 12.4 Å². The molecule has 0 atom stereocenters. The van der Waals surface area contributed by atoms with Crippen molar-refractivity contribution in [1.82, 2.24) is 4.98 Å². The number of ether oxygens (including phenoxy) is 2. The number of primary amides is 1. The van der Waals surface area contributed by atoms with E-state index in [2.05, 4.69) is 15.5 Å². The second-order valence-electron chi connectivity index (χ2n) is 8.64. The number of pyridine rings is 1. The van der Waals surface area contributed by atoms with Gasteiger partial charge in [0.2, 0.25) is 6.41 Å². The Bertz CT molecular complexity index is 1150. The highest BCUT2D eigenvalue weighted by atomic mass is 32.2. The van der Waals surface area contributed by atoms with Crippen molar-refractivity contribution in [1.29, 1.82) is 0 Å². The summed E-state index contributed by atoms with van der Waals surface area (Å²) in [5.74, 6) is -1.23. The Morgan fingerprint density at radius 1 is 1.22 bits per heavy atom. The lowest BCUT2D eigenvalue weighted by Gasteiger charge is -2.38. The summed E-state index contributed by atoms with van der Waals surface area (Å²) in [5, 5.41) is 0. The average molecular weight is 537 g/mol. The Morgan fingerprint density at radius 3 is 2.42 bits per heavy atom. The van der Waals surface area contributed by atoms with E-state index in [1.165, 1.54) is 6.07 Å². The van der Waals surface area contributed by atoms with Crippen LogP contribution in [0.3, 0.4) is 0 Å². The molecule has 3 rings (SSSR count). The summed E-state index contributed by atoms with van der Waals surface area (Å²) in [6, 6.07) is 5.40. The van der Waals surface area contributed by atoms with Crippen LogP contribution in [-0.4, -0.2) is 57.7 Å². The number of sulfone groups is 1. The number of benzene rings is 1. The van der Waals surface area contributed by atoms with E-state index >= 15 is 0 Å². The third-order valence-electron chi connectivity index (χ3n) is 5.46. The summed E-state index contributed by atoms with van der Waals surface area (Å²) in [6.07, 6.45) is -2.52. The lowest BCUT2D eigenvalue weighted by atomic mass is 9.83. The Kier molecular flexibility index (Phi) is 9.35. The number of amides is 1. The third-order valence-corrected chi connectivity index (χ3v) is 7.11. The molecule has 0 aliphatic carbocycles. The van der Waals surface area contributed by atoms with Crippen molar-refractivity contribution in [2.24, 2.45) is 11.1 Å². The van der Waals surface area contributed by atoms with Crippen LogP contribution in [0, 0.1) is 11.2 Å². The van der Waals surface area contributed by atoms with Crippen molar-refractivity contribution >= 4 is 27.6 Å². The number of halogens is 4. The topological polar surface area (TPSA) is 138 Å². The van der Waals surface area contributed by atoms with Gasteiger partial charge in [0.25, 0.3) is 5.88 Å². The maximum atomic E-state index is 13.5. The highest BCUT2D eigenvalue weighted by Gasteiger charge is 2.34. The van der Waals surface area contributed by atoms with Gasteiger partial charge >= 0.3 is 6.18 Å². The van der Waals surface area contributed by atoms with Crippen molar-refractivity contribution in [2.75, 3.05) is 42.3 Å². The molecule has 200 valence electrons. The van der Waals surface area contributed by atoms with Crippen LogP contribution < -0.4 is 25.8 Å². The van der Waals surface area contributed by atoms with Crippen molar-refractivity contribution in [3.63, 3.8) is 0 Å². The summed E-state index contributed by atoms with van der Waals surface area (Å²) in [4.78, 5) is 14.2. The van der Waals surface area contributed by atoms with Gasteiger partial charge in [-0.1, -0.05) is 6.92 Å². The van der Waals surface area contributed by atoms with Crippen LogP contribution in [0.15, 0.2) is 30.5 Å². The second kappa shape index (κ2) is 11.6. The number of hydrogen-bond acceptors (Lipinski definition) is 8. The zero-order chi connectivity index (χ0) is 27.1. The maximum absolute atomic E-state index is 13.5. The Balaban J connectivity index is 0.00000145. The minimum absolute atomic E-state index is 0.132. The van der Waals surface area contributed by atoms with E-state index in [0.29, 0.717) is 30.8 Å². The number of alkyl halides is 3. The molecule has 0 unspecified atom stereocenters. The highest BCUT2D eigenvalue weighted by molar-refractivity contribution is 7.91.